The lowest BCUT2D eigenvalue weighted by molar-refractivity contribution is -0.192. The standard InChI is InChI=1S/C21H26N6OS.C2HF3O2/c1-15-16(2)27(14-22-15)18-6-4-17(5-7-18)23-21(28)19-13-29-20(24-19)12-26-10-8-25(3)9-11-26;3-2(4,5)1(6)7/h4-7,13-14H,8-12H2,1-3H3,(H,23,28);(H,6,7). The zero-order valence-electron chi connectivity index (χ0n) is 20.0. The van der Waals surface area contributed by atoms with Gasteiger partial charge in [0.15, 0.2) is 0 Å². The molecule has 0 aliphatic carbocycles. The van der Waals surface area contributed by atoms with Gasteiger partial charge >= 0.3 is 12.1 Å². The molecule has 3 aromatic rings. The first-order valence-electron chi connectivity index (χ1n) is 11.0. The van der Waals surface area contributed by atoms with Crippen molar-refractivity contribution in [1.29, 1.82) is 0 Å². The summed E-state index contributed by atoms with van der Waals surface area (Å²) in [5.41, 5.74) is 4.37. The molecule has 0 bridgehead atoms. The summed E-state index contributed by atoms with van der Waals surface area (Å²) in [4.78, 5) is 35.1. The average molecular weight is 525 g/mol. The minimum absolute atomic E-state index is 0.173. The van der Waals surface area contributed by atoms with Gasteiger partial charge in [-0.1, -0.05) is 0 Å². The summed E-state index contributed by atoms with van der Waals surface area (Å²) in [6.45, 7) is 9.08. The number of carbonyl (C=O) groups excluding carboxylic acids is 1. The predicted molar refractivity (Wildman–Crippen MR) is 130 cm³/mol. The Morgan fingerprint density at radius 2 is 1.72 bits per heavy atom. The molecule has 0 saturated carbocycles. The van der Waals surface area contributed by atoms with Gasteiger partial charge < -0.3 is 19.9 Å². The molecule has 0 unspecified atom stereocenters. The second-order valence-corrected chi connectivity index (χ2v) is 9.24. The van der Waals surface area contributed by atoms with Crippen LogP contribution in [-0.2, 0) is 11.3 Å². The summed E-state index contributed by atoms with van der Waals surface area (Å²) >= 11 is 1.55. The number of amides is 1. The lowest BCUT2D eigenvalue weighted by Gasteiger charge is -2.31. The minimum Gasteiger partial charge on any atom is -0.475 e. The molecule has 1 aromatic carbocycles. The summed E-state index contributed by atoms with van der Waals surface area (Å²) in [7, 11) is 2.15. The molecule has 36 heavy (non-hydrogen) atoms. The Hall–Kier alpha value is -3.29. The van der Waals surface area contributed by atoms with Crippen LogP contribution in [0.2, 0.25) is 0 Å². The van der Waals surface area contributed by atoms with Crippen LogP contribution in [0.1, 0.15) is 26.9 Å². The number of anilines is 1. The van der Waals surface area contributed by atoms with Crippen LogP contribution in [0.3, 0.4) is 0 Å². The van der Waals surface area contributed by atoms with Crippen LogP contribution in [0.25, 0.3) is 5.69 Å². The third-order valence-corrected chi connectivity index (χ3v) is 6.47. The van der Waals surface area contributed by atoms with Gasteiger partial charge in [0, 0.05) is 48.6 Å². The van der Waals surface area contributed by atoms with Gasteiger partial charge in [0.05, 0.1) is 18.6 Å². The highest BCUT2D eigenvalue weighted by Crippen LogP contribution is 2.19. The number of rotatable bonds is 5. The van der Waals surface area contributed by atoms with E-state index in [2.05, 4.69) is 32.1 Å². The molecule has 13 heteroatoms. The highest BCUT2D eigenvalue weighted by Gasteiger charge is 2.38. The van der Waals surface area contributed by atoms with Crippen LogP contribution in [0, 0.1) is 13.8 Å². The summed E-state index contributed by atoms with van der Waals surface area (Å²) in [6.07, 6.45) is -3.27. The van der Waals surface area contributed by atoms with Gasteiger partial charge in [0.25, 0.3) is 5.91 Å². The Bertz CT molecular complexity index is 1180. The van der Waals surface area contributed by atoms with Crippen molar-refractivity contribution in [2.75, 3.05) is 38.5 Å². The number of imidazole rings is 1. The van der Waals surface area contributed by atoms with E-state index in [1.165, 1.54) is 0 Å². The molecule has 2 N–H and O–H groups in total. The smallest absolute Gasteiger partial charge is 0.475 e. The van der Waals surface area contributed by atoms with Crippen molar-refractivity contribution in [2.24, 2.45) is 0 Å². The second kappa shape index (κ2) is 11.6. The molecular formula is C23H27F3N6O3S. The first-order chi connectivity index (χ1) is 16.9. The summed E-state index contributed by atoms with van der Waals surface area (Å²) in [5.74, 6) is -2.93. The number of hydrogen-bond donors (Lipinski definition) is 2. The lowest BCUT2D eigenvalue weighted by atomic mass is 10.2. The van der Waals surface area contributed by atoms with Gasteiger partial charge in [-0.25, -0.2) is 14.8 Å². The number of aromatic nitrogens is 3. The molecule has 1 aliphatic rings. The summed E-state index contributed by atoms with van der Waals surface area (Å²) < 4.78 is 33.8. The molecule has 3 heterocycles. The maximum atomic E-state index is 12.6. The predicted octanol–water partition coefficient (Wildman–Crippen LogP) is 3.58. The number of nitrogens with one attached hydrogen (secondary N) is 1. The highest BCUT2D eigenvalue weighted by molar-refractivity contribution is 7.09. The second-order valence-electron chi connectivity index (χ2n) is 8.30. The number of thiazole rings is 1. The van der Waals surface area contributed by atoms with E-state index in [-0.39, 0.29) is 5.91 Å². The van der Waals surface area contributed by atoms with Crippen LogP contribution in [-0.4, -0.2) is 80.7 Å². The number of nitrogens with zero attached hydrogens (tertiary/aromatic N) is 5. The number of piperazine rings is 1. The first-order valence-corrected chi connectivity index (χ1v) is 11.9. The number of carboxylic acids is 1. The molecule has 1 fully saturated rings. The van der Waals surface area contributed by atoms with E-state index in [0.717, 1.165) is 60.5 Å². The first kappa shape index (κ1) is 27.3. The van der Waals surface area contributed by atoms with Gasteiger partial charge in [-0.3, -0.25) is 9.69 Å². The fourth-order valence-electron chi connectivity index (χ4n) is 3.34. The van der Waals surface area contributed by atoms with Gasteiger partial charge in [-0.05, 0) is 45.2 Å². The van der Waals surface area contributed by atoms with E-state index in [1.807, 2.05) is 54.4 Å². The third-order valence-electron chi connectivity index (χ3n) is 5.64. The minimum atomic E-state index is -5.08. The average Bonchev–Trinajstić information content (AvgIpc) is 3.42. The van der Waals surface area contributed by atoms with Crippen molar-refractivity contribution in [3.05, 3.63) is 58.1 Å². The molecular weight excluding hydrogens is 497 g/mol. The van der Waals surface area contributed by atoms with Crippen molar-refractivity contribution < 1.29 is 27.9 Å². The molecule has 1 aliphatic heterocycles. The molecule has 1 amide bonds. The van der Waals surface area contributed by atoms with Crippen molar-refractivity contribution in [1.82, 2.24) is 24.3 Å². The van der Waals surface area contributed by atoms with E-state index in [0.29, 0.717) is 5.69 Å². The Labute approximate surface area is 210 Å². The monoisotopic (exact) mass is 524 g/mol. The third kappa shape index (κ3) is 7.35. The molecule has 0 spiro atoms. The maximum absolute atomic E-state index is 12.6. The molecule has 1 saturated heterocycles. The van der Waals surface area contributed by atoms with Gasteiger partial charge in [-0.2, -0.15) is 13.2 Å². The van der Waals surface area contributed by atoms with Crippen LogP contribution in [0.4, 0.5) is 18.9 Å². The molecule has 2 aromatic heterocycles. The topological polar surface area (TPSA) is 104 Å². The van der Waals surface area contributed by atoms with Crippen molar-refractivity contribution in [3.8, 4) is 5.69 Å². The number of likely N-dealkylation sites (N-methyl/N-ethyl adjacent to an activating group) is 1. The largest absolute Gasteiger partial charge is 0.490 e. The zero-order chi connectivity index (χ0) is 26.5. The van der Waals surface area contributed by atoms with Crippen molar-refractivity contribution in [2.45, 2.75) is 26.6 Å². The Morgan fingerprint density at radius 1 is 1.11 bits per heavy atom. The number of aryl methyl sites for hydroxylation is 1. The molecule has 4 rings (SSSR count). The lowest BCUT2D eigenvalue weighted by Crippen LogP contribution is -2.43. The normalized spacial score (nSPS) is 14.7. The van der Waals surface area contributed by atoms with E-state index in [9.17, 15) is 18.0 Å². The van der Waals surface area contributed by atoms with Crippen LogP contribution < -0.4 is 5.32 Å². The summed E-state index contributed by atoms with van der Waals surface area (Å²) in [6, 6.07) is 7.76. The van der Waals surface area contributed by atoms with E-state index in [4.69, 9.17) is 9.90 Å². The van der Waals surface area contributed by atoms with Crippen molar-refractivity contribution in [3.63, 3.8) is 0 Å². The zero-order valence-corrected chi connectivity index (χ0v) is 20.9. The molecule has 0 radical (unpaired) electrons. The number of carbonyl (C=O) groups is 2. The number of hydrogen-bond acceptors (Lipinski definition) is 7. The SMILES string of the molecule is Cc1ncn(-c2ccc(NC(=O)c3csc(CN4CCN(C)CC4)n3)cc2)c1C.O=C(O)C(F)(F)F. The summed E-state index contributed by atoms with van der Waals surface area (Å²) in [5, 5.41) is 12.9. The van der Waals surface area contributed by atoms with E-state index >= 15 is 0 Å². The van der Waals surface area contributed by atoms with E-state index < -0.39 is 12.1 Å². The Kier molecular flexibility index (Phi) is 8.82. The van der Waals surface area contributed by atoms with Crippen LogP contribution in [0.5, 0.6) is 0 Å². The number of alkyl halides is 3. The number of halogens is 3. The van der Waals surface area contributed by atoms with Crippen molar-refractivity contribution >= 4 is 28.9 Å². The number of benzene rings is 1. The van der Waals surface area contributed by atoms with Gasteiger partial charge in [-0.15, -0.1) is 11.3 Å². The number of aliphatic carboxylic acids is 1. The molecule has 0 atom stereocenters. The quantitative estimate of drug-likeness (QED) is 0.526. The van der Waals surface area contributed by atoms with Gasteiger partial charge in [0.2, 0.25) is 0 Å². The molecule has 194 valence electrons. The number of carboxylic acid groups (broad SMARTS) is 1. The van der Waals surface area contributed by atoms with Gasteiger partial charge in [0.1, 0.15) is 10.7 Å². The Morgan fingerprint density at radius 3 is 2.25 bits per heavy atom. The van der Waals surface area contributed by atoms with E-state index in [1.54, 1.807) is 11.3 Å². The van der Waals surface area contributed by atoms with Crippen LogP contribution >= 0.6 is 11.3 Å². The highest BCUT2D eigenvalue weighted by atomic mass is 32.1. The maximum Gasteiger partial charge on any atom is 0.490 e. The Balaban J connectivity index is 0.000000454. The fourth-order valence-corrected chi connectivity index (χ4v) is 4.16. The fraction of sp³-hybridized carbons (Fsp3) is 0.391. The molecule has 9 nitrogen and oxygen atoms in total. The van der Waals surface area contributed by atoms with Crippen LogP contribution in [0.15, 0.2) is 36.0 Å².